The minimum atomic E-state index is -0.553. The molecule has 2 aliphatic heterocycles. The summed E-state index contributed by atoms with van der Waals surface area (Å²) in [5.41, 5.74) is 2.36. The van der Waals surface area contributed by atoms with Gasteiger partial charge in [0.1, 0.15) is 11.6 Å². The first-order valence-electron chi connectivity index (χ1n) is 7.57. The zero-order valence-corrected chi connectivity index (χ0v) is 12.1. The van der Waals surface area contributed by atoms with E-state index >= 15 is 0 Å². The Morgan fingerprint density at radius 2 is 1.95 bits per heavy atom. The number of nitrogens with zero attached hydrogens (tertiary/aromatic N) is 1. The van der Waals surface area contributed by atoms with Crippen molar-refractivity contribution in [2.24, 2.45) is 0 Å². The lowest BCUT2D eigenvalue weighted by atomic mass is 10.00. The van der Waals surface area contributed by atoms with Gasteiger partial charge in [-0.25, -0.2) is 4.39 Å². The topological polar surface area (TPSA) is 29.5 Å². The van der Waals surface area contributed by atoms with E-state index in [-0.39, 0.29) is 11.7 Å². The number of amides is 1. The number of halogens is 1. The standard InChI is InChI=1S/C18H16FNO2/c19-14-8-3-6-12-7-4-10-20(17(12)14)18(21)16-11-13-5-1-2-9-15(13)22-16/h1-3,5-6,8-9,16H,4,7,10-11H2. The predicted octanol–water partition coefficient (Wildman–Crippen LogP) is 3.11. The lowest BCUT2D eigenvalue weighted by Gasteiger charge is -2.31. The second-order valence-electron chi connectivity index (χ2n) is 5.76. The number of hydrogen-bond donors (Lipinski definition) is 0. The summed E-state index contributed by atoms with van der Waals surface area (Å²) in [6.07, 6.45) is 1.66. The van der Waals surface area contributed by atoms with E-state index in [9.17, 15) is 9.18 Å². The first-order valence-corrected chi connectivity index (χ1v) is 7.57. The van der Waals surface area contributed by atoms with Crippen LogP contribution in [0.4, 0.5) is 10.1 Å². The molecule has 3 nitrogen and oxygen atoms in total. The summed E-state index contributed by atoms with van der Waals surface area (Å²) < 4.78 is 20.0. The maximum Gasteiger partial charge on any atom is 0.268 e. The van der Waals surface area contributed by atoms with Crippen LogP contribution < -0.4 is 9.64 Å². The molecule has 4 heteroatoms. The molecule has 22 heavy (non-hydrogen) atoms. The largest absolute Gasteiger partial charge is 0.480 e. The molecule has 0 aromatic heterocycles. The summed E-state index contributed by atoms with van der Waals surface area (Å²) >= 11 is 0. The summed E-state index contributed by atoms with van der Waals surface area (Å²) in [7, 11) is 0. The van der Waals surface area contributed by atoms with Crippen molar-refractivity contribution in [3.63, 3.8) is 0 Å². The SMILES string of the molecule is O=C(C1Cc2ccccc2O1)N1CCCc2cccc(F)c21. The number of carbonyl (C=O) groups is 1. The molecule has 1 atom stereocenters. The van der Waals surface area contributed by atoms with Crippen LogP contribution in [-0.4, -0.2) is 18.6 Å². The smallest absolute Gasteiger partial charge is 0.268 e. The molecule has 0 spiro atoms. The van der Waals surface area contributed by atoms with Crippen LogP contribution in [-0.2, 0) is 17.6 Å². The average Bonchev–Trinajstić information content (AvgIpc) is 2.98. The van der Waals surface area contributed by atoms with Crippen LogP contribution in [0.25, 0.3) is 0 Å². The van der Waals surface area contributed by atoms with Gasteiger partial charge in [-0.3, -0.25) is 4.79 Å². The van der Waals surface area contributed by atoms with Crippen LogP contribution >= 0.6 is 0 Å². The van der Waals surface area contributed by atoms with E-state index in [4.69, 9.17) is 4.74 Å². The highest BCUT2D eigenvalue weighted by molar-refractivity contribution is 5.98. The third-order valence-corrected chi connectivity index (χ3v) is 4.36. The van der Waals surface area contributed by atoms with Gasteiger partial charge in [-0.1, -0.05) is 30.3 Å². The molecule has 112 valence electrons. The molecule has 0 aliphatic carbocycles. The van der Waals surface area contributed by atoms with Crippen LogP contribution in [0.5, 0.6) is 5.75 Å². The second-order valence-corrected chi connectivity index (χ2v) is 5.76. The van der Waals surface area contributed by atoms with Crippen LogP contribution in [0.3, 0.4) is 0 Å². The normalized spacial score (nSPS) is 19.3. The Bertz CT molecular complexity index is 719. The predicted molar refractivity (Wildman–Crippen MR) is 81.6 cm³/mol. The van der Waals surface area contributed by atoms with E-state index in [0.717, 1.165) is 29.7 Å². The van der Waals surface area contributed by atoms with E-state index in [1.54, 1.807) is 11.0 Å². The fourth-order valence-corrected chi connectivity index (χ4v) is 3.32. The third-order valence-electron chi connectivity index (χ3n) is 4.36. The maximum atomic E-state index is 14.2. The van der Waals surface area contributed by atoms with Gasteiger partial charge in [0.25, 0.3) is 5.91 Å². The van der Waals surface area contributed by atoms with Gasteiger partial charge in [0.05, 0.1) is 5.69 Å². The lowest BCUT2D eigenvalue weighted by molar-refractivity contribution is -0.124. The van der Waals surface area contributed by atoms with Crippen LogP contribution in [0.15, 0.2) is 42.5 Å². The fraction of sp³-hybridized carbons (Fsp3) is 0.278. The van der Waals surface area contributed by atoms with E-state index in [2.05, 4.69) is 0 Å². The second kappa shape index (κ2) is 5.13. The Kier molecular flexibility index (Phi) is 3.10. The molecule has 0 saturated heterocycles. The van der Waals surface area contributed by atoms with Crippen LogP contribution in [0.2, 0.25) is 0 Å². The van der Waals surface area contributed by atoms with Gasteiger partial charge in [0.2, 0.25) is 0 Å². The van der Waals surface area contributed by atoms with Crippen LogP contribution in [0.1, 0.15) is 17.5 Å². The zero-order chi connectivity index (χ0) is 15.1. The van der Waals surface area contributed by atoms with Crippen molar-refractivity contribution in [1.82, 2.24) is 0 Å². The minimum absolute atomic E-state index is 0.151. The molecule has 4 rings (SSSR count). The van der Waals surface area contributed by atoms with Crippen molar-refractivity contribution >= 4 is 11.6 Å². The Labute approximate surface area is 128 Å². The van der Waals surface area contributed by atoms with Gasteiger partial charge in [-0.2, -0.15) is 0 Å². The summed E-state index contributed by atoms with van der Waals surface area (Å²) in [5.74, 6) is 0.273. The van der Waals surface area contributed by atoms with Gasteiger partial charge in [0.15, 0.2) is 6.10 Å². The Hall–Kier alpha value is -2.36. The number of fused-ring (bicyclic) bond motifs is 2. The molecule has 2 aromatic carbocycles. The first kappa shape index (κ1) is 13.3. The number of anilines is 1. The first-order chi connectivity index (χ1) is 10.7. The van der Waals surface area contributed by atoms with Gasteiger partial charge < -0.3 is 9.64 Å². The Morgan fingerprint density at radius 1 is 1.14 bits per heavy atom. The van der Waals surface area contributed by atoms with Gasteiger partial charge >= 0.3 is 0 Å². The highest BCUT2D eigenvalue weighted by Crippen LogP contribution is 2.34. The summed E-state index contributed by atoms with van der Waals surface area (Å²) in [4.78, 5) is 14.4. The van der Waals surface area contributed by atoms with Crippen LogP contribution in [0, 0.1) is 5.82 Å². The highest BCUT2D eigenvalue weighted by Gasteiger charge is 2.35. The van der Waals surface area contributed by atoms with E-state index < -0.39 is 6.10 Å². The molecular weight excluding hydrogens is 281 g/mol. The summed E-state index contributed by atoms with van der Waals surface area (Å²) in [6, 6.07) is 12.7. The maximum absolute atomic E-state index is 14.2. The lowest BCUT2D eigenvalue weighted by Crippen LogP contribution is -2.44. The monoisotopic (exact) mass is 297 g/mol. The molecule has 1 amide bonds. The molecule has 0 bridgehead atoms. The Balaban J connectivity index is 1.64. The van der Waals surface area contributed by atoms with Crippen molar-refractivity contribution in [2.75, 3.05) is 11.4 Å². The van der Waals surface area contributed by atoms with E-state index in [0.29, 0.717) is 18.7 Å². The summed E-state index contributed by atoms with van der Waals surface area (Å²) in [5, 5.41) is 0. The number of para-hydroxylation sites is 2. The van der Waals surface area contributed by atoms with Crippen molar-refractivity contribution in [3.05, 3.63) is 59.4 Å². The minimum Gasteiger partial charge on any atom is -0.480 e. The average molecular weight is 297 g/mol. The van der Waals surface area contributed by atoms with Crippen molar-refractivity contribution < 1.29 is 13.9 Å². The highest BCUT2D eigenvalue weighted by atomic mass is 19.1. The molecule has 0 radical (unpaired) electrons. The number of carbonyl (C=O) groups excluding carboxylic acids is 1. The molecule has 1 unspecified atom stereocenters. The summed E-state index contributed by atoms with van der Waals surface area (Å²) in [6.45, 7) is 0.545. The molecule has 2 aliphatic rings. The number of benzene rings is 2. The number of hydrogen-bond acceptors (Lipinski definition) is 2. The molecule has 2 heterocycles. The zero-order valence-electron chi connectivity index (χ0n) is 12.1. The number of aryl methyl sites for hydroxylation is 1. The fourth-order valence-electron chi connectivity index (χ4n) is 3.32. The van der Waals surface area contributed by atoms with Crippen molar-refractivity contribution in [2.45, 2.75) is 25.4 Å². The Morgan fingerprint density at radius 3 is 2.82 bits per heavy atom. The number of rotatable bonds is 1. The van der Waals surface area contributed by atoms with E-state index in [1.807, 2.05) is 30.3 Å². The quantitative estimate of drug-likeness (QED) is 0.809. The van der Waals surface area contributed by atoms with Crippen molar-refractivity contribution in [1.29, 1.82) is 0 Å². The van der Waals surface area contributed by atoms with Gasteiger partial charge in [0, 0.05) is 13.0 Å². The number of ether oxygens (including phenoxy) is 1. The van der Waals surface area contributed by atoms with Gasteiger partial charge in [-0.15, -0.1) is 0 Å². The third kappa shape index (κ3) is 2.06. The molecule has 0 fully saturated rings. The molecule has 0 saturated carbocycles. The molecule has 0 N–H and O–H groups in total. The molecule has 2 aromatic rings. The van der Waals surface area contributed by atoms with Gasteiger partial charge in [-0.05, 0) is 36.1 Å². The molecular formula is C18H16FNO2. The van der Waals surface area contributed by atoms with Crippen molar-refractivity contribution in [3.8, 4) is 5.75 Å². The van der Waals surface area contributed by atoms with E-state index in [1.165, 1.54) is 6.07 Å².